The Hall–Kier alpha value is -1.30. The van der Waals surface area contributed by atoms with E-state index in [0.717, 1.165) is 0 Å². The third-order valence-corrected chi connectivity index (χ3v) is 1.70. The van der Waals surface area contributed by atoms with Crippen molar-refractivity contribution in [2.45, 2.75) is 24.4 Å². The number of rotatable bonds is 5. The first-order chi connectivity index (χ1) is 8.18. The maximum atomic E-state index is 9.10. The smallest absolute Gasteiger partial charge is 0.414 e. The fourth-order valence-electron chi connectivity index (χ4n) is 0.671. The van der Waals surface area contributed by atoms with Gasteiger partial charge in [-0.3, -0.25) is 0 Å². The minimum Gasteiger partial charge on any atom is -0.473 e. The Labute approximate surface area is 101 Å². The Morgan fingerprint density at radius 2 is 0.944 bits per heavy atom. The average molecular weight is 272 g/mol. The van der Waals surface area contributed by atoms with Crippen LogP contribution in [0.4, 0.5) is 0 Å². The van der Waals surface area contributed by atoms with Gasteiger partial charge in [0.25, 0.3) is 0 Å². The van der Waals surface area contributed by atoms with Crippen molar-refractivity contribution in [3.63, 3.8) is 0 Å². The molecule has 0 aliphatic rings. The molecule has 0 aliphatic heterocycles. The van der Waals surface area contributed by atoms with Crippen molar-refractivity contribution < 1.29 is 50.4 Å². The summed E-state index contributed by atoms with van der Waals surface area (Å²) in [6, 6.07) is 0. The van der Waals surface area contributed by atoms with E-state index in [0.29, 0.717) is 0 Å². The Balaban J connectivity index is 0. The number of aliphatic carboxylic acids is 2. The van der Waals surface area contributed by atoms with Crippen LogP contribution in [0.2, 0.25) is 0 Å². The molecule has 0 aromatic carbocycles. The SMILES string of the molecule is O=C(O)C(=O)O.OC[C@@H](O)[C@@H](O)[C@H](O)[C@H](O)CO. The van der Waals surface area contributed by atoms with Crippen LogP contribution in [-0.4, -0.2) is 90.4 Å². The van der Waals surface area contributed by atoms with Gasteiger partial charge in [-0.05, 0) is 0 Å². The van der Waals surface area contributed by atoms with Crippen molar-refractivity contribution in [2.24, 2.45) is 0 Å². The van der Waals surface area contributed by atoms with E-state index in [1.165, 1.54) is 0 Å². The number of aliphatic hydroxyl groups excluding tert-OH is 6. The zero-order chi connectivity index (χ0) is 14.9. The minimum atomic E-state index is -1.82. The number of carbonyl (C=O) groups is 2. The summed E-state index contributed by atoms with van der Waals surface area (Å²) in [6.07, 6.45) is -6.39. The minimum absolute atomic E-state index is 0.726. The van der Waals surface area contributed by atoms with Crippen LogP contribution in [0.15, 0.2) is 0 Å². The van der Waals surface area contributed by atoms with E-state index in [4.69, 9.17) is 50.4 Å². The van der Waals surface area contributed by atoms with E-state index in [9.17, 15) is 0 Å². The van der Waals surface area contributed by atoms with E-state index in [2.05, 4.69) is 0 Å². The summed E-state index contributed by atoms with van der Waals surface area (Å²) in [4.78, 5) is 18.2. The Morgan fingerprint density at radius 1 is 0.722 bits per heavy atom. The molecule has 0 unspecified atom stereocenters. The molecule has 10 nitrogen and oxygen atoms in total. The van der Waals surface area contributed by atoms with Crippen molar-refractivity contribution in [1.82, 2.24) is 0 Å². The summed E-state index contributed by atoms with van der Waals surface area (Å²) in [6.45, 7) is -1.45. The van der Waals surface area contributed by atoms with Crippen molar-refractivity contribution in [3.8, 4) is 0 Å². The number of hydrogen-bond donors (Lipinski definition) is 8. The number of carboxylic acid groups (broad SMARTS) is 2. The van der Waals surface area contributed by atoms with Crippen LogP contribution in [-0.2, 0) is 9.59 Å². The van der Waals surface area contributed by atoms with E-state index in [1.807, 2.05) is 0 Å². The van der Waals surface area contributed by atoms with Gasteiger partial charge >= 0.3 is 11.9 Å². The molecular formula is C8H16O10. The van der Waals surface area contributed by atoms with Crippen LogP contribution < -0.4 is 0 Å². The summed E-state index contributed by atoms with van der Waals surface area (Å²) in [5, 5.41) is 67.0. The number of hydrogen-bond acceptors (Lipinski definition) is 8. The normalized spacial score (nSPS) is 16.8. The highest BCUT2D eigenvalue weighted by Crippen LogP contribution is 2.03. The summed E-state index contributed by atoms with van der Waals surface area (Å²) in [5.41, 5.74) is 0. The highest BCUT2D eigenvalue weighted by Gasteiger charge is 2.29. The summed E-state index contributed by atoms with van der Waals surface area (Å²) < 4.78 is 0. The van der Waals surface area contributed by atoms with Crippen LogP contribution >= 0.6 is 0 Å². The molecule has 0 aromatic rings. The fraction of sp³-hybridized carbons (Fsp3) is 0.750. The monoisotopic (exact) mass is 272 g/mol. The van der Waals surface area contributed by atoms with Crippen LogP contribution in [0.3, 0.4) is 0 Å². The third-order valence-electron chi connectivity index (χ3n) is 1.70. The first kappa shape index (κ1) is 19.0. The molecule has 0 saturated carbocycles. The van der Waals surface area contributed by atoms with Crippen molar-refractivity contribution in [3.05, 3.63) is 0 Å². The van der Waals surface area contributed by atoms with Crippen molar-refractivity contribution >= 4 is 11.9 Å². The van der Waals surface area contributed by atoms with Gasteiger partial charge < -0.3 is 40.9 Å². The molecule has 0 fully saturated rings. The molecule has 10 heteroatoms. The third kappa shape index (κ3) is 7.89. The summed E-state index contributed by atoms with van der Waals surface area (Å²) >= 11 is 0. The second-order valence-electron chi connectivity index (χ2n) is 3.09. The standard InChI is InChI=1S/C6H14O6.C2H2O4/c7-1-3(9)5(11)6(12)4(10)2-8;3-1(4)2(5)6/h3-12H,1-2H2;(H,3,4)(H,5,6)/t3-,4-,5-,6-;/m1./s1. The molecule has 0 saturated heterocycles. The predicted octanol–water partition coefficient (Wildman–Crippen LogP) is -4.43. The van der Waals surface area contributed by atoms with Gasteiger partial charge in [-0.1, -0.05) is 0 Å². The van der Waals surface area contributed by atoms with Gasteiger partial charge in [-0.2, -0.15) is 0 Å². The maximum Gasteiger partial charge on any atom is 0.414 e. The second kappa shape index (κ2) is 9.70. The molecule has 0 heterocycles. The Kier molecular flexibility index (Phi) is 10.3. The molecule has 0 bridgehead atoms. The molecule has 0 spiro atoms. The summed E-state index contributed by atoms with van der Waals surface area (Å²) in [7, 11) is 0. The second-order valence-corrected chi connectivity index (χ2v) is 3.09. The van der Waals surface area contributed by atoms with Gasteiger partial charge in [-0.15, -0.1) is 0 Å². The largest absolute Gasteiger partial charge is 0.473 e. The zero-order valence-electron chi connectivity index (χ0n) is 9.12. The average Bonchev–Trinajstić information content (AvgIpc) is 2.35. The Morgan fingerprint density at radius 3 is 1.06 bits per heavy atom. The number of aliphatic hydroxyl groups is 6. The van der Waals surface area contributed by atoms with Gasteiger partial charge in [0.05, 0.1) is 13.2 Å². The van der Waals surface area contributed by atoms with Crippen LogP contribution in [0, 0.1) is 0 Å². The fourth-order valence-corrected chi connectivity index (χ4v) is 0.671. The predicted molar refractivity (Wildman–Crippen MR) is 53.5 cm³/mol. The lowest BCUT2D eigenvalue weighted by Gasteiger charge is -2.24. The molecule has 0 radical (unpaired) electrons. The van der Waals surface area contributed by atoms with Gasteiger partial charge in [-0.25, -0.2) is 9.59 Å². The molecule has 108 valence electrons. The van der Waals surface area contributed by atoms with Crippen molar-refractivity contribution in [1.29, 1.82) is 0 Å². The highest BCUT2D eigenvalue weighted by molar-refractivity contribution is 6.27. The van der Waals surface area contributed by atoms with E-state index >= 15 is 0 Å². The zero-order valence-corrected chi connectivity index (χ0v) is 9.12. The van der Waals surface area contributed by atoms with Crippen LogP contribution in [0.1, 0.15) is 0 Å². The Bertz CT molecular complexity index is 228. The molecule has 0 amide bonds. The van der Waals surface area contributed by atoms with E-state index in [1.54, 1.807) is 0 Å². The summed E-state index contributed by atoms with van der Waals surface area (Å²) in [5.74, 6) is -3.65. The van der Waals surface area contributed by atoms with E-state index in [-0.39, 0.29) is 0 Å². The van der Waals surface area contributed by atoms with Crippen molar-refractivity contribution in [2.75, 3.05) is 13.2 Å². The van der Waals surface area contributed by atoms with Crippen LogP contribution in [0.25, 0.3) is 0 Å². The van der Waals surface area contributed by atoms with Gasteiger partial charge in [0, 0.05) is 0 Å². The quantitative estimate of drug-likeness (QED) is 0.226. The van der Waals surface area contributed by atoms with Gasteiger partial charge in [0.15, 0.2) is 0 Å². The molecule has 0 rings (SSSR count). The van der Waals surface area contributed by atoms with Gasteiger partial charge in [0.1, 0.15) is 24.4 Å². The molecular weight excluding hydrogens is 256 g/mol. The van der Waals surface area contributed by atoms with E-state index < -0.39 is 49.6 Å². The molecule has 8 N–H and O–H groups in total. The lowest BCUT2D eigenvalue weighted by Crippen LogP contribution is -2.46. The lowest BCUT2D eigenvalue weighted by atomic mass is 10.0. The first-order valence-electron chi connectivity index (χ1n) is 4.59. The highest BCUT2D eigenvalue weighted by atomic mass is 16.4. The molecule has 18 heavy (non-hydrogen) atoms. The van der Waals surface area contributed by atoms with Gasteiger partial charge in [0.2, 0.25) is 0 Å². The van der Waals surface area contributed by atoms with Crippen LogP contribution in [0.5, 0.6) is 0 Å². The lowest BCUT2D eigenvalue weighted by molar-refractivity contribution is -0.159. The molecule has 0 aliphatic carbocycles. The maximum absolute atomic E-state index is 9.10. The molecule has 4 atom stereocenters. The topological polar surface area (TPSA) is 196 Å². The number of carboxylic acids is 2. The molecule has 0 aromatic heterocycles. The first-order valence-corrected chi connectivity index (χ1v) is 4.59.